The molecule has 0 saturated heterocycles. The standard InChI is InChI=1S/C10H14N4S/c1-7-6-15-10(14-7)8(2)13-5-9-11-3-4-12-9/h3-4,6,8,13H,5H2,1-2H3,(H,11,12). The van der Waals surface area contributed by atoms with Gasteiger partial charge in [-0.05, 0) is 13.8 Å². The van der Waals surface area contributed by atoms with Crippen LogP contribution in [-0.2, 0) is 6.54 Å². The van der Waals surface area contributed by atoms with E-state index in [1.165, 1.54) is 0 Å². The van der Waals surface area contributed by atoms with Crippen LogP contribution in [0, 0.1) is 6.92 Å². The van der Waals surface area contributed by atoms with Crippen LogP contribution < -0.4 is 5.32 Å². The van der Waals surface area contributed by atoms with Crippen molar-refractivity contribution in [2.24, 2.45) is 0 Å². The van der Waals surface area contributed by atoms with Crippen LogP contribution in [-0.4, -0.2) is 15.0 Å². The van der Waals surface area contributed by atoms with Gasteiger partial charge in [0.05, 0.1) is 12.6 Å². The molecule has 0 spiro atoms. The Morgan fingerprint density at radius 3 is 3.07 bits per heavy atom. The zero-order chi connectivity index (χ0) is 10.7. The van der Waals surface area contributed by atoms with Crippen molar-refractivity contribution in [1.82, 2.24) is 20.3 Å². The van der Waals surface area contributed by atoms with Gasteiger partial charge in [0, 0.05) is 23.5 Å². The molecule has 0 aliphatic heterocycles. The summed E-state index contributed by atoms with van der Waals surface area (Å²) in [7, 11) is 0. The zero-order valence-electron chi connectivity index (χ0n) is 8.82. The van der Waals surface area contributed by atoms with Crippen LogP contribution in [0.4, 0.5) is 0 Å². The van der Waals surface area contributed by atoms with Crippen LogP contribution in [0.1, 0.15) is 29.5 Å². The van der Waals surface area contributed by atoms with Crippen molar-refractivity contribution >= 4 is 11.3 Å². The van der Waals surface area contributed by atoms with E-state index in [1.807, 2.05) is 13.1 Å². The second-order valence-corrected chi connectivity index (χ2v) is 4.36. The van der Waals surface area contributed by atoms with Crippen LogP contribution >= 0.6 is 11.3 Å². The molecular weight excluding hydrogens is 208 g/mol. The van der Waals surface area contributed by atoms with Gasteiger partial charge >= 0.3 is 0 Å². The zero-order valence-corrected chi connectivity index (χ0v) is 9.64. The van der Waals surface area contributed by atoms with E-state index < -0.39 is 0 Å². The van der Waals surface area contributed by atoms with Crippen molar-refractivity contribution < 1.29 is 0 Å². The Labute approximate surface area is 92.8 Å². The molecule has 1 unspecified atom stereocenters. The van der Waals surface area contributed by atoms with E-state index in [-0.39, 0.29) is 6.04 Å². The molecule has 0 amide bonds. The Hall–Kier alpha value is -1.20. The maximum absolute atomic E-state index is 4.44. The molecule has 2 heterocycles. The molecule has 1 atom stereocenters. The number of imidazole rings is 1. The predicted molar refractivity (Wildman–Crippen MR) is 60.7 cm³/mol. The molecule has 80 valence electrons. The predicted octanol–water partition coefficient (Wildman–Crippen LogP) is 2.03. The van der Waals surface area contributed by atoms with E-state index in [9.17, 15) is 0 Å². The summed E-state index contributed by atoms with van der Waals surface area (Å²) in [6, 6.07) is 0.272. The van der Waals surface area contributed by atoms with Crippen molar-refractivity contribution in [3.05, 3.63) is 34.3 Å². The Morgan fingerprint density at radius 1 is 1.60 bits per heavy atom. The van der Waals surface area contributed by atoms with Crippen LogP contribution in [0.25, 0.3) is 0 Å². The smallest absolute Gasteiger partial charge is 0.120 e. The third kappa shape index (κ3) is 2.64. The molecule has 0 radical (unpaired) electrons. The third-order valence-corrected chi connectivity index (χ3v) is 3.28. The minimum Gasteiger partial charge on any atom is -0.348 e. The summed E-state index contributed by atoms with van der Waals surface area (Å²) in [5.74, 6) is 0.954. The minimum absolute atomic E-state index is 0.272. The average molecular weight is 222 g/mol. The number of H-pyrrole nitrogens is 1. The Bertz CT molecular complexity index is 407. The highest BCUT2D eigenvalue weighted by Gasteiger charge is 2.08. The van der Waals surface area contributed by atoms with Crippen molar-refractivity contribution in [3.8, 4) is 0 Å². The summed E-state index contributed by atoms with van der Waals surface area (Å²) in [6.45, 7) is 4.87. The first-order valence-corrected chi connectivity index (χ1v) is 5.77. The minimum atomic E-state index is 0.272. The second-order valence-electron chi connectivity index (χ2n) is 3.47. The number of nitrogens with zero attached hydrogens (tertiary/aromatic N) is 2. The SMILES string of the molecule is Cc1csc(C(C)NCc2ncc[nH]2)n1. The number of hydrogen-bond donors (Lipinski definition) is 2. The molecule has 0 aromatic carbocycles. The highest BCUT2D eigenvalue weighted by molar-refractivity contribution is 7.09. The Balaban J connectivity index is 1.90. The molecule has 15 heavy (non-hydrogen) atoms. The summed E-state index contributed by atoms with van der Waals surface area (Å²) in [5.41, 5.74) is 1.08. The number of aromatic nitrogens is 3. The van der Waals surface area contributed by atoms with E-state index in [0.717, 1.165) is 23.1 Å². The fourth-order valence-corrected chi connectivity index (χ4v) is 2.13. The van der Waals surface area contributed by atoms with Crippen LogP contribution in [0.5, 0.6) is 0 Å². The van der Waals surface area contributed by atoms with Gasteiger partial charge in [0.2, 0.25) is 0 Å². The molecule has 0 aliphatic carbocycles. The molecule has 2 aromatic rings. The first-order valence-electron chi connectivity index (χ1n) is 4.89. The Morgan fingerprint density at radius 2 is 2.47 bits per heavy atom. The molecular formula is C10H14N4S. The van der Waals surface area contributed by atoms with E-state index in [1.54, 1.807) is 17.5 Å². The maximum Gasteiger partial charge on any atom is 0.120 e. The summed E-state index contributed by atoms with van der Waals surface area (Å²) in [5, 5.41) is 6.56. The van der Waals surface area contributed by atoms with Crippen molar-refractivity contribution in [2.45, 2.75) is 26.4 Å². The van der Waals surface area contributed by atoms with Gasteiger partial charge < -0.3 is 10.3 Å². The molecule has 0 fully saturated rings. The summed E-state index contributed by atoms with van der Waals surface area (Å²) < 4.78 is 0. The van der Waals surface area contributed by atoms with Crippen molar-refractivity contribution in [2.75, 3.05) is 0 Å². The van der Waals surface area contributed by atoms with Crippen LogP contribution in [0.3, 0.4) is 0 Å². The maximum atomic E-state index is 4.44. The topological polar surface area (TPSA) is 53.6 Å². The molecule has 2 aromatic heterocycles. The lowest BCUT2D eigenvalue weighted by molar-refractivity contribution is 0.558. The molecule has 0 bridgehead atoms. The monoisotopic (exact) mass is 222 g/mol. The number of aryl methyl sites for hydroxylation is 1. The van der Waals surface area contributed by atoms with E-state index in [0.29, 0.717) is 0 Å². The quantitative estimate of drug-likeness (QED) is 0.832. The first kappa shape index (κ1) is 10.3. The normalized spacial score (nSPS) is 12.9. The number of hydrogen-bond acceptors (Lipinski definition) is 4. The summed E-state index contributed by atoms with van der Waals surface area (Å²) >= 11 is 1.69. The number of rotatable bonds is 4. The van der Waals surface area contributed by atoms with Crippen molar-refractivity contribution in [1.29, 1.82) is 0 Å². The van der Waals surface area contributed by atoms with Gasteiger partial charge in [-0.15, -0.1) is 11.3 Å². The fourth-order valence-electron chi connectivity index (χ4n) is 1.30. The molecule has 2 rings (SSSR count). The lowest BCUT2D eigenvalue weighted by Gasteiger charge is -2.09. The van der Waals surface area contributed by atoms with Gasteiger partial charge in [0.1, 0.15) is 10.8 Å². The summed E-state index contributed by atoms with van der Waals surface area (Å²) in [4.78, 5) is 11.6. The van der Waals surface area contributed by atoms with E-state index >= 15 is 0 Å². The molecule has 0 saturated carbocycles. The van der Waals surface area contributed by atoms with E-state index in [4.69, 9.17) is 0 Å². The molecule has 4 nitrogen and oxygen atoms in total. The van der Waals surface area contributed by atoms with Crippen molar-refractivity contribution in [3.63, 3.8) is 0 Å². The van der Waals surface area contributed by atoms with Gasteiger partial charge in [0.25, 0.3) is 0 Å². The number of nitrogens with one attached hydrogen (secondary N) is 2. The first-order chi connectivity index (χ1) is 7.25. The number of aromatic amines is 1. The van der Waals surface area contributed by atoms with Gasteiger partial charge in [-0.25, -0.2) is 9.97 Å². The van der Waals surface area contributed by atoms with Gasteiger partial charge in [-0.2, -0.15) is 0 Å². The fraction of sp³-hybridized carbons (Fsp3) is 0.400. The molecule has 5 heteroatoms. The highest BCUT2D eigenvalue weighted by Crippen LogP contribution is 2.17. The van der Waals surface area contributed by atoms with Gasteiger partial charge in [0.15, 0.2) is 0 Å². The van der Waals surface area contributed by atoms with Gasteiger partial charge in [-0.3, -0.25) is 0 Å². The van der Waals surface area contributed by atoms with Crippen LogP contribution in [0.2, 0.25) is 0 Å². The molecule has 0 aliphatic rings. The second kappa shape index (κ2) is 4.55. The van der Waals surface area contributed by atoms with Crippen LogP contribution in [0.15, 0.2) is 17.8 Å². The molecule has 2 N–H and O–H groups in total. The third-order valence-electron chi connectivity index (χ3n) is 2.14. The number of thiazole rings is 1. The lowest BCUT2D eigenvalue weighted by Crippen LogP contribution is -2.18. The lowest BCUT2D eigenvalue weighted by atomic mass is 10.3. The van der Waals surface area contributed by atoms with E-state index in [2.05, 4.69) is 32.6 Å². The Kier molecular flexibility index (Phi) is 3.13. The summed E-state index contributed by atoms with van der Waals surface area (Å²) in [6.07, 6.45) is 3.59. The average Bonchev–Trinajstić information content (AvgIpc) is 2.84. The highest BCUT2D eigenvalue weighted by atomic mass is 32.1. The van der Waals surface area contributed by atoms with Gasteiger partial charge in [-0.1, -0.05) is 0 Å². The largest absolute Gasteiger partial charge is 0.348 e.